The van der Waals surface area contributed by atoms with Gasteiger partial charge in [-0.15, -0.1) is 0 Å². The maximum absolute atomic E-state index is 9.63. The van der Waals surface area contributed by atoms with Crippen molar-refractivity contribution in [3.63, 3.8) is 0 Å². The average molecular weight is 221 g/mol. The van der Waals surface area contributed by atoms with E-state index in [1.807, 2.05) is 0 Å². The van der Waals surface area contributed by atoms with E-state index in [1.54, 1.807) is 0 Å². The molecule has 0 amide bonds. The van der Waals surface area contributed by atoms with Gasteiger partial charge < -0.3 is 19.6 Å². The van der Waals surface area contributed by atoms with Crippen LogP contribution in [0, 0.1) is 5.41 Å². The third-order valence-electron chi connectivity index (χ3n) is 0.213. The Bertz CT molecular complexity index is 220. The molecule has 0 unspecified atom stereocenters. The first-order chi connectivity index (χ1) is 5.12. The highest BCUT2D eigenvalue weighted by Gasteiger charge is 2.27. The summed E-state index contributed by atoms with van der Waals surface area (Å²) < 4.78 is 22.2. The molecule has 0 aromatic heterocycles. The van der Waals surface area contributed by atoms with Gasteiger partial charge >= 0.3 is 15.6 Å². The lowest BCUT2D eigenvalue weighted by atomic mass is 11.7. The summed E-state index contributed by atoms with van der Waals surface area (Å²) in [5, 5.41) is 5.40. The fourth-order valence-electron chi connectivity index (χ4n) is 0.139. The van der Waals surface area contributed by atoms with E-state index in [0.29, 0.717) is 0 Å². The van der Waals surface area contributed by atoms with E-state index in [4.69, 9.17) is 29.8 Å². The lowest BCUT2D eigenvalue weighted by molar-refractivity contribution is 0.225. The van der Waals surface area contributed by atoms with Crippen molar-refractivity contribution in [2.24, 2.45) is 0 Å². The van der Waals surface area contributed by atoms with E-state index in [-0.39, 0.29) is 0 Å². The van der Waals surface area contributed by atoms with E-state index in [9.17, 15) is 9.13 Å². The van der Waals surface area contributed by atoms with Crippen LogP contribution in [-0.4, -0.2) is 25.7 Å². The quantitative estimate of drug-likeness (QED) is 0.227. The maximum atomic E-state index is 9.63. The van der Waals surface area contributed by atoms with E-state index in [0.717, 1.165) is 6.08 Å². The van der Waals surface area contributed by atoms with Crippen LogP contribution in [0.3, 0.4) is 0 Å². The predicted molar refractivity (Wildman–Crippen MR) is 33.6 cm³/mol. The Morgan fingerprint density at radius 3 is 1.25 bits per heavy atom. The molecule has 0 atom stereocenters. The molecular formula is CH5NO8P2. The molecule has 0 aliphatic heterocycles. The van der Waals surface area contributed by atoms with Crippen LogP contribution in [0.2, 0.25) is 0 Å². The summed E-state index contributed by atoms with van der Waals surface area (Å²) in [5.41, 5.74) is 0. The Morgan fingerprint density at radius 2 is 1.25 bits per heavy atom. The van der Waals surface area contributed by atoms with E-state index < -0.39 is 15.6 Å². The van der Waals surface area contributed by atoms with E-state index in [2.05, 4.69) is 4.31 Å². The van der Waals surface area contributed by atoms with Gasteiger partial charge in [0.05, 0.1) is 0 Å². The Balaban J connectivity index is 0. The third-order valence-corrected chi connectivity index (χ3v) is 1.91. The van der Waals surface area contributed by atoms with Crippen LogP contribution in [0.15, 0.2) is 0 Å². The average Bonchev–Trinajstić information content (AvgIpc) is 1.53. The van der Waals surface area contributed by atoms with Gasteiger partial charge in [0.15, 0.2) is 0 Å². The SMILES string of the molecule is N=C=O.O=P(O)(O)OP(=O)(O)O. The number of nitrogens with one attached hydrogen (secondary N) is 1. The molecule has 0 saturated carbocycles. The minimum Gasteiger partial charge on any atom is -0.302 e. The molecule has 0 rings (SSSR count). The zero-order valence-electron chi connectivity index (χ0n) is 5.32. The van der Waals surface area contributed by atoms with Crippen LogP contribution in [0.4, 0.5) is 0 Å². The maximum Gasteiger partial charge on any atom is 0.478 e. The summed E-state index contributed by atoms with van der Waals surface area (Å²) in [7, 11) is -10.1. The van der Waals surface area contributed by atoms with Crippen molar-refractivity contribution in [3.8, 4) is 0 Å². The second-order valence-corrected chi connectivity index (χ2v) is 3.78. The van der Waals surface area contributed by atoms with Crippen LogP contribution >= 0.6 is 15.6 Å². The minimum atomic E-state index is -5.05. The Labute approximate surface area is 66.0 Å². The van der Waals surface area contributed by atoms with Crippen molar-refractivity contribution < 1.29 is 37.8 Å². The van der Waals surface area contributed by atoms with Gasteiger partial charge in [0.1, 0.15) is 0 Å². The predicted octanol–water partition coefficient (Wildman–Crippen LogP) is -0.911. The number of hydrogen-bond acceptors (Lipinski definition) is 5. The molecule has 0 aliphatic rings. The number of carbonyl (C=O) groups excluding carboxylic acids is 1. The van der Waals surface area contributed by atoms with Crippen LogP contribution < -0.4 is 0 Å². The van der Waals surface area contributed by atoms with Gasteiger partial charge in [0.2, 0.25) is 6.08 Å². The molecule has 0 spiro atoms. The Hall–Kier alpha value is -0.360. The lowest BCUT2D eigenvalue weighted by Crippen LogP contribution is -1.84. The minimum absolute atomic E-state index is 0.750. The summed E-state index contributed by atoms with van der Waals surface area (Å²) >= 11 is 0. The molecule has 0 bridgehead atoms. The van der Waals surface area contributed by atoms with Gasteiger partial charge in [-0.1, -0.05) is 0 Å². The molecule has 0 radical (unpaired) electrons. The molecule has 0 aromatic rings. The summed E-state index contributed by atoms with van der Waals surface area (Å²) in [6.45, 7) is 0. The summed E-state index contributed by atoms with van der Waals surface area (Å²) in [4.78, 5) is 39.3. The number of isocyanates is 1. The van der Waals surface area contributed by atoms with Crippen molar-refractivity contribution in [3.05, 3.63) is 0 Å². The van der Waals surface area contributed by atoms with Crippen LogP contribution in [0.25, 0.3) is 0 Å². The first-order valence-corrected chi connectivity index (χ1v) is 5.05. The van der Waals surface area contributed by atoms with E-state index in [1.165, 1.54) is 0 Å². The fourth-order valence-corrected chi connectivity index (χ4v) is 1.25. The molecule has 9 nitrogen and oxygen atoms in total. The van der Waals surface area contributed by atoms with Crippen LogP contribution in [0.1, 0.15) is 0 Å². The molecule has 12 heavy (non-hydrogen) atoms. The summed E-state index contributed by atoms with van der Waals surface area (Å²) in [5.74, 6) is 0. The highest BCUT2D eigenvalue weighted by atomic mass is 31.3. The Kier molecular flexibility index (Phi) is 6.28. The first kappa shape index (κ1) is 14.2. The largest absolute Gasteiger partial charge is 0.478 e. The van der Waals surface area contributed by atoms with Crippen molar-refractivity contribution in [1.82, 2.24) is 0 Å². The van der Waals surface area contributed by atoms with Gasteiger partial charge in [-0.05, 0) is 0 Å². The Morgan fingerprint density at radius 1 is 1.08 bits per heavy atom. The molecule has 72 valence electrons. The summed E-state index contributed by atoms with van der Waals surface area (Å²) in [6.07, 6.45) is 0.750. The molecule has 0 fully saturated rings. The van der Waals surface area contributed by atoms with E-state index >= 15 is 0 Å². The van der Waals surface area contributed by atoms with Gasteiger partial charge in [-0.3, -0.25) is 0 Å². The molecule has 0 aliphatic carbocycles. The fraction of sp³-hybridized carbons (Fsp3) is 0. The molecule has 0 saturated heterocycles. The zero-order valence-corrected chi connectivity index (χ0v) is 7.11. The number of phosphoric acid groups is 2. The van der Waals surface area contributed by atoms with Crippen molar-refractivity contribution in [2.75, 3.05) is 0 Å². The number of hydrogen-bond donors (Lipinski definition) is 5. The molecule has 5 N–H and O–H groups in total. The topological polar surface area (TPSA) is 165 Å². The normalized spacial score (nSPS) is 11.0. The standard InChI is InChI=1S/CHNO.H4O7P2/c2-1-3;1-8(2,3)7-9(4,5)6/h2H;(H2,1,2,3)(H2,4,5,6). The number of rotatable bonds is 2. The van der Waals surface area contributed by atoms with Gasteiger partial charge in [0.25, 0.3) is 0 Å². The highest BCUT2D eigenvalue weighted by Crippen LogP contribution is 2.53. The molecule has 11 heteroatoms. The van der Waals surface area contributed by atoms with Gasteiger partial charge in [-0.25, -0.2) is 19.3 Å². The zero-order chi connectivity index (χ0) is 10.4. The molecule has 0 heterocycles. The second-order valence-electron chi connectivity index (χ2n) is 1.16. The van der Waals surface area contributed by atoms with Crippen molar-refractivity contribution >= 4 is 21.7 Å². The third kappa shape index (κ3) is 22.6. The van der Waals surface area contributed by atoms with Crippen molar-refractivity contribution in [1.29, 1.82) is 5.41 Å². The lowest BCUT2D eigenvalue weighted by Gasteiger charge is -2.03. The van der Waals surface area contributed by atoms with Crippen LogP contribution in [0.5, 0.6) is 0 Å². The van der Waals surface area contributed by atoms with Gasteiger partial charge in [0, 0.05) is 0 Å². The highest BCUT2D eigenvalue weighted by molar-refractivity contribution is 7.60. The first-order valence-electron chi connectivity index (χ1n) is 1.98. The molecular weight excluding hydrogens is 216 g/mol. The second kappa shape index (κ2) is 5.31. The monoisotopic (exact) mass is 221 g/mol. The summed E-state index contributed by atoms with van der Waals surface area (Å²) in [6, 6.07) is 0. The van der Waals surface area contributed by atoms with Crippen molar-refractivity contribution in [2.45, 2.75) is 0 Å². The van der Waals surface area contributed by atoms with Crippen LogP contribution in [-0.2, 0) is 18.2 Å². The smallest absolute Gasteiger partial charge is 0.302 e. The molecule has 0 aromatic carbocycles. The van der Waals surface area contributed by atoms with Gasteiger partial charge in [-0.2, -0.15) is 4.31 Å².